The van der Waals surface area contributed by atoms with Gasteiger partial charge in [0.2, 0.25) is 0 Å². The Hall–Kier alpha value is -2.76. The van der Waals surface area contributed by atoms with E-state index >= 15 is 0 Å². The maximum Gasteiger partial charge on any atom is 0.262 e. The molecule has 1 aliphatic carbocycles. The van der Waals surface area contributed by atoms with Gasteiger partial charge in [-0.1, -0.05) is 13.0 Å². The van der Waals surface area contributed by atoms with E-state index in [1.54, 1.807) is 18.2 Å². The minimum Gasteiger partial charge on any atom is -0.325 e. The highest BCUT2D eigenvalue weighted by atomic mass is 16.2. The van der Waals surface area contributed by atoms with Crippen molar-refractivity contribution in [2.45, 2.75) is 19.8 Å². The topological polar surface area (TPSA) is 91.9 Å². The van der Waals surface area contributed by atoms with Crippen LogP contribution in [0.25, 0.3) is 0 Å². The van der Waals surface area contributed by atoms with Crippen LogP contribution in [-0.4, -0.2) is 21.7 Å². The second kappa shape index (κ2) is 5.55. The minimum absolute atomic E-state index is 0.0445. The smallest absolute Gasteiger partial charge is 0.262 e. The first kappa shape index (κ1) is 14.2. The van der Waals surface area contributed by atoms with Crippen molar-refractivity contribution in [3.8, 4) is 0 Å². The summed E-state index contributed by atoms with van der Waals surface area (Å²) in [6, 6.07) is 6.46. The van der Waals surface area contributed by atoms with Crippen molar-refractivity contribution in [3.63, 3.8) is 0 Å². The fraction of sp³-hybridized carbons (Fsp3) is 0.250. The van der Waals surface area contributed by atoms with E-state index < -0.39 is 11.5 Å². The van der Waals surface area contributed by atoms with Crippen LogP contribution in [0.4, 0.5) is 5.82 Å². The fourth-order valence-corrected chi connectivity index (χ4v) is 2.61. The summed E-state index contributed by atoms with van der Waals surface area (Å²) < 4.78 is 0. The van der Waals surface area contributed by atoms with Crippen molar-refractivity contribution in [2.24, 2.45) is 5.92 Å². The lowest BCUT2D eigenvalue weighted by molar-refractivity contribution is 0.0952. The van der Waals surface area contributed by atoms with Gasteiger partial charge in [-0.2, -0.15) is 0 Å². The van der Waals surface area contributed by atoms with Crippen molar-refractivity contribution in [1.82, 2.24) is 9.97 Å². The number of Topliss-reactive ketones (excluding diaryl/α,β-unsaturated/α-hetero) is 1. The molecule has 22 heavy (non-hydrogen) atoms. The summed E-state index contributed by atoms with van der Waals surface area (Å²) in [5, 5.41) is 2.55. The number of fused-ring (bicyclic) bond motifs is 1. The predicted molar refractivity (Wildman–Crippen MR) is 81.1 cm³/mol. The van der Waals surface area contributed by atoms with Crippen molar-refractivity contribution in [1.29, 1.82) is 0 Å². The van der Waals surface area contributed by atoms with Gasteiger partial charge in [-0.25, -0.2) is 4.98 Å². The molecule has 1 amide bonds. The van der Waals surface area contributed by atoms with Crippen LogP contribution in [0.1, 0.15) is 39.8 Å². The molecule has 0 aliphatic heterocycles. The quantitative estimate of drug-likeness (QED) is 0.884. The van der Waals surface area contributed by atoms with Crippen LogP contribution >= 0.6 is 0 Å². The highest BCUT2D eigenvalue weighted by molar-refractivity contribution is 6.06. The highest BCUT2D eigenvalue weighted by Gasteiger charge is 2.25. The molecular formula is C16H15N3O3. The van der Waals surface area contributed by atoms with Crippen molar-refractivity contribution in [3.05, 3.63) is 57.6 Å². The normalized spacial score (nSPS) is 17.0. The number of nitrogens with zero attached hydrogens (tertiary/aromatic N) is 1. The number of amides is 1. The van der Waals surface area contributed by atoms with E-state index in [4.69, 9.17) is 0 Å². The number of nitrogens with one attached hydrogen (secondary N) is 2. The summed E-state index contributed by atoms with van der Waals surface area (Å²) >= 11 is 0. The number of hydrogen-bond acceptors (Lipinski definition) is 4. The summed E-state index contributed by atoms with van der Waals surface area (Å²) in [4.78, 5) is 43.0. The van der Waals surface area contributed by atoms with Gasteiger partial charge in [0.25, 0.3) is 11.5 Å². The molecule has 0 spiro atoms. The zero-order valence-corrected chi connectivity index (χ0v) is 12.1. The molecule has 1 atom stereocenters. The van der Waals surface area contributed by atoms with Gasteiger partial charge in [-0.15, -0.1) is 0 Å². The first-order chi connectivity index (χ1) is 10.5. The van der Waals surface area contributed by atoms with E-state index in [1.165, 1.54) is 12.3 Å². The van der Waals surface area contributed by atoms with Crippen LogP contribution < -0.4 is 10.9 Å². The summed E-state index contributed by atoms with van der Waals surface area (Å²) in [5.41, 5.74) is 0.480. The summed E-state index contributed by atoms with van der Waals surface area (Å²) in [6.45, 7) is 1.96. The second-order valence-corrected chi connectivity index (χ2v) is 5.51. The minimum atomic E-state index is -0.575. The molecule has 2 heterocycles. The van der Waals surface area contributed by atoms with Gasteiger partial charge in [0.05, 0.1) is 0 Å². The largest absolute Gasteiger partial charge is 0.325 e. The zero-order valence-electron chi connectivity index (χ0n) is 12.1. The molecule has 0 radical (unpaired) electrons. The number of carbonyl (C=O) groups is 2. The van der Waals surface area contributed by atoms with E-state index in [2.05, 4.69) is 15.3 Å². The number of carbonyl (C=O) groups excluding carboxylic acids is 2. The number of rotatable bonds is 2. The monoisotopic (exact) mass is 297 g/mol. The van der Waals surface area contributed by atoms with Crippen LogP contribution in [0, 0.1) is 5.92 Å². The van der Waals surface area contributed by atoms with Gasteiger partial charge in [0.15, 0.2) is 5.78 Å². The van der Waals surface area contributed by atoms with E-state index in [0.717, 1.165) is 0 Å². The molecule has 3 rings (SSSR count). The third kappa shape index (κ3) is 2.67. The Morgan fingerprint density at radius 2 is 2.14 bits per heavy atom. The van der Waals surface area contributed by atoms with Crippen LogP contribution in [0.3, 0.4) is 0 Å². The fourth-order valence-electron chi connectivity index (χ4n) is 2.61. The summed E-state index contributed by atoms with van der Waals surface area (Å²) in [5.74, 6) is -0.0699. The van der Waals surface area contributed by atoms with Crippen LogP contribution in [0.15, 0.2) is 35.3 Å². The van der Waals surface area contributed by atoms with Crippen LogP contribution in [0.2, 0.25) is 0 Å². The zero-order chi connectivity index (χ0) is 15.7. The van der Waals surface area contributed by atoms with Crippen LogP contribution in [0.5, 0.6) is 0 Å². The standard InChI is InChI=1S/C16H15N3O3/c1-9-6-12-10(13(20)7-9)8-11(15(21)18-12)16(22)19-14-4-2-3-5-17-14/h2-5,8-9H,6-7H2,1H3,(H,18,21)(H,17,19,22)/t9-/m0/s1. The van der Waals surface area contributed by atoms with Gasteiger partial charge >= 0.3 is 0 Å². The molecule has 6 heteroatoms. The molecule has 1 aliphatic rings. The Morgan fingerprint density at radius 1 is 1.32 bits per heavy atom. The number of aromatic nitrogens is 2. The Bertz CT molecular complexity index is 796. The molecule has 112 valence electrons. The molecule has 0 saturated heterocycles. The average molecular weight is 297 g/mol. The summed E-state index contributed by atoms with van der Waals surface area (Å²) in [7, 11) is 0. The molecule has 2 aromatic rings. The van der Waals surface area contributed by atoms with E-state index in [0.29, 0.717) is 29.9 Å². The Labute approximate surface area is 126 Å². The molecule has 0 unspecified atom stereocenters. The molecule has 0 fully saturated rings. The third-order valence-corrected chi connectivity index (χ3v) is 3.66. The molecule has 0 bridgehead atoms. The van der Waals surface area contributed by atoms with Gasteiger partial charge in [0.1, 0.15) is 11.4 Å². The third-order valence-electron chi connectivity index (χ3n) is 3.66. The highest BCUT2D eigenvalue weighted by Crippen LogP contribution is 2.23. The number of anilines is 1. The molecule has 2 aromatic heterocycles. The van der Waals surface area contributed by atoms with Crippen molar-refractivity contribution >= 4 is 17.5 Å². The maximum atomic E-state index is 12.2. The molecule has 2 N–H and O–H groups in total. The van der Waals surface area contributed by atoms with E-state index in [1.807, 2.05) is 6.92 Å². The van der Waals surface area contributed by atoms with Crippen molar-refractivity contribution < 1.29 is 9.59 Å². The lowest BCUT2D eigenvalue weighted by atomic mass is 9.86. The molecule has 6 nitrogen and oxygen atoms in total. The summed E-state index contributed by atoms with van der Waals surface area (Å²) in [6.07, 6.45) is 2.61. The molecule has 0 saturated carbocycles. The Kier molecular flexibility index (Phi) is 3.58. The van der Waals surface area contributed by atoms with Gasteiger partial charge in [-0.05, 0) is 30.5 Å². The predicted octanol–water partition coefficient (Wildman–Crippen LogP) is 1.79. The maximum absolute atomic E-state index is 12.2. The molecular weight excluding hydrogens is 282 g/mol. The Balaban J connectivity index is 1.95. The number of hydrogen-bond donors (Lipinski definition) is 2. The number of pyridine rings is 2. The van der Waals surface area contributed by atoms with E-state index in [-0.39, 0.29) is 17.3 Å². The first-order valence-electron chi connectivity index (χ1n) is 7.06. The average Bonchev–Trinajstić information content (AvgIpc) is 2.47. The van der Waals surface area contributed by atoms with E-state index in [9.17, 15) is 14.4 Å². The number of aromatic amines is 1. The van der Waals surface area contributed by atoms with Crippen LogP contribution in [-0.2, 0) is 6.42 Å². The lowest BCUT2D eigenvalue weighted by Crippen LogP contribution is -2.29. The lowest BCUT2D eigenvalue weighted by Gasteiger charge is -2.20. The van der Waals surface area contributed by atoms with Gasteiger partial charge in [0, 0.05) is 23.9 Å². The Morgan fingerprint density at radius 3 is 2.86 bits per heavy atom. The van der Waals surface area contributed by atoms with Gasteiger partial charge < -0.3 is 10.3 Å². The first-order valence-corrected chi connectivity index (χ1v) is 7.06. The number of H-pyrrole nitrogens is 1. The number of ketones is 1. The van der Waals surface area contributed by atoms with Crippen molar-refractivity contribution in [2.75, 3.05) is 5.32 Å². The SMILES string of the molecule is C[C@@H]1CC(=O)c2cc(C(=O)Nc3ccccn3)c(=O)[nH]c2C1. The molecule has 0 aromatic carbocycles. The van der Waals surface area contributed by atoms with Gasteiger partial charge in [-0.3, -0.25) is 14.4 Å². The second-order valence-electron chi connectivity index (χ2n) is 5.51.